The summed E-state index contributed by atoms with van der Waals surface area (Å²) in [5.41, 5.74) is 16.9. The lowest BCUT2D eigenvalue weighted by Crippen LogP contribution is -2.10. The lowest BCUT2D eigenvalue weighted by molar-refractivity contribution is 0.488. The van der Waals surface area contributed by atoms with Crippen LogP contribution in [0.2, 0.25) is 0 Å². The molecule has 0 aliphatic carbocycles. The lowest BCUT2D eigenvalue weighted by Gasteiger charge is -2.27. The molecule has 0 spiro atoms. The second kappa shape index (κ2) is 14.4. The van der Waals surface area contributed by atoms with Crippen LogP contribution in [0.25, 0.3) is 66.8 Å². The van der Waals surface area contributed by atoms with Gasteiger partial charge >= 0.3 is 0 Å². The van der Waals surface area contributed by atoms with Crippen LogP contribution < -0.4 is 9.64 Å². The van der Waals surface area contributed by atoms with E-state index in [1.807, 2.05) is 0 Å². The normalized spacial score (nSPS) is 11.4. The number of nitrogens with zero attached hydrogens (tertiary/aromatic N) is 1. The first kappa shape index (κ1) is 33.2. The molecule has 0 bridgehead atoms. The molecule has 1 aliphatic heterocycles. The van der Waals surface area contributed by atoms with Crippen LogP contribution in [0.3, 0.4) is 0 Å². The molecule has 9 aromatic rings. The Kier molecular flexibility index (Phi) is 8.55. The first-order chi connectivity index (χ1) is 27.8. The average molecular weight is 716 g/mol. The summed E-state index contributed by atoms with van der Waals surface area (Å²) < 4.78 is 7.01. The van der Waals surface area contributed by atoms with Crippen LogP contribution in [-0.2, 0) is 0 Å². The van der Waals surface area contributed by atoms with Gasteiger partial charge in [0.25, 0.3) is 0 Å². The van der Waals surface area contributed by atoms with Gasteiger partial charge in [0.05, 0.1) is 0 Å². The van der Waals surface area contributed by atoms with Gasteiger partial charge in [0.2, 0.25) is 0 Å². The third-order valence-electron chi connectivity index (χ3n) is 10.7. The first-order valence-electron chi connectivity index (χ1n) is 19.1. The molecule has 0 fully saturated rings. The van der Waals surface area contributed by atoms with E-state index in [4.69, 9.17) is 4.74 Å². The van der Waals surface area contributed by atoms with Gasteiger partial charge in [-0.2, -0.15) is 0 Å². The van der Waals surface area contributed by atoms with Gasteiger partial charge in [-0.05, 0) is 98.6 Å². The number of benzene rings is 9. The van der Waals surface area contributed by atoms with E-state index in [9.17, 15) is 0 Å². The van der Waals surface area contributed by atoms with Crippen LogP contribution in [0.5, 0.6) is 11.5 Å². The molecule has 0 saturated carbocycles. The van der Waals surface area contributed by atoms with Gasteiger partial charge in [-0.15, -0.1) is 0 Å². The molecule has 0 saturated heterocycles. The van der Waals surface area contributed by atoms with Gasteiger partial charge in [0, 0.05) is 33.8 Å². The highest BCUT2D eigenvalue weighted by molar-refractivity contribution is 6.03. The summed E-state index contributed by atoms with van der Waals surface area (Å²) in [5.74, 6) is 1.66. The molecule has 1 heterocycles. The van der Waals surface area contributed by atoms with Crippen molar-refractivity contribution in [1.29, 1.82) is 0 Å². The number of rotatable bonds is 7. The Bertz CT molecular complexity index is 2800. The monoisotopic (exact) mass is 715 g/mol. The zero-order valence-corrected chi connectivity index (χ0v) is 30.7. The van der Waals surface area contributed by atoms with Gasteiger partial charge in [-0.25, -0.2) is 0 Å². The Morgan fingerprint density at radius 2 is 0.714 bits per heavy atom. The van der Waals surface area contributed by atoms with Gasteiger partial charge in [0.15, 0.2) is 0 Å². The molecule has 0 N–H and O–H groups in total. The van der Waals surface area contributed by atoms with Crippen molar-refractivity contribution in [2.45, 2.75) is 0 Å². The van der Waals surface area contributed by atoms with Crippen LogP contribution in [0, 0.1) is 0 Å². The van der Waals surface area contributed by atoms with Crippen LogP contribution in [0.15, 0.2) is 224 Å². The second-order valence-electron chi connectivity index (χ2n) is 14.1. The average Bonchev–Trinajstić information content (AvgIpc) is 3.42. The predicted octanol–water partition coefficient (Wildman–Crippen LogP) is 15.3. The minimum Gasteiger partial charge on any atom is -0.456 e. The highest BCUT2D eigenvalue weighted by Gasteiger charge is 2.27. The fourth-order valence-corrected chi connectivity index (χ4v) is 8.06. The van der Waals surface area contributed by atoms with E-state index in [1.165, 1.54) is 16.7 Å². The SMILES string of the molecule is c1ccc(-c2ccc(N(c3cccc(-c4ccccc4)c3)c3ccc4c(c3)-c3c(-c5ccccc5)cccc3-c3c(cccc3-c3ccccc3)O4)cc2)cc1. The van der Waals surface area contributed by atoms with Crippen LogP contribution in [0.1, 0.15) is 0 Å². The molecule has 10 rings (SSSR count). The summed E-state index contributed by atoms with van der Waals surface area (Å²) in [6.45, 7) is 0. The topological polar surface area (TPSA) is 12.5 Å². The zero-order valence-electron chi connectivity index (χ0n) is 30.7. The fraction of sp³-hybridized carbons (Fsp3) is 0. The van der Waals surface area contributed by atoms with Crippen molar-refractivity contribution in [3.63, 3.8) is 0 Å². The molecular formula is C54H37NO. The molecule has 9 aromatic carbocycles. The summed E-state index contributed by atoms with van der Waals surface area (Å²) in [6, 6.07) is 79.9. The minimum absolute atomic E-state index is 0.819. The second-order valence-corrected chi connectivity index (χ2v) is 14.1. The molecule has 0 unspecified atom stereocenters. The maximum Gasteiger partial charge on any atom is 0.135 e. The molecule has 2 nitrogen and oxygen atoms in total. The zero-order chi connectivity index (χ0) is 37.3. The van der Waals surface area contributed by atoms with E-state index >= 15 is 0 Å². The number of ether oxygens (including phenoxy) is 1. The Hall–Kier alpha value is -7.42. The quantitative estimate of drug-likeness (QED) is 0.163. The van der Waals surface area contributed by atoms with E-state index in [1.54, 1.807) is 0 Å². The third-order valence-corrected chi connectivity index (χ3v) is 10.7. The number of hydrogen-bond donors (Lipinski definition) is 0. The first-order valence-corrected chi connectivity index (χ1v) is 19.1. The Morgan fingerprint density at radius 1 is 0.250 bits per heavy atom. The van der Waals surface area contributed by atoms with E-state index in [2.05, 4.69) is 229 Å². The van der Waals surface area contributed by atoms with Gasteiger partial charge in [-0.3, -0.25) is 0 Å². The molecule has 2 heteroatoms. The van der Waals surface area contributed by atoms with Crippen LogP contribution in [0.4, 0.5) is 17.1 Å². The predicted molar refractivity (Wildman–Crippen MR) is 234 cm³/mol. The summed E-state index contributed by atoms with van der Waals surface area (Å²) in [6.07, 6.45) is 0. The van der Waals surface area contributed by atoms with Crippen LogP contribution in [-0.4, -0.2) is 0 Å². The van der Waals surface area contributed by atoms with E-state index in [0.29, 0.717) is 0 Å². The smallest absolute Gasteiger partial charge is 0.135 e. The molecule has 56 heavy (non-hydrogen) atoms. The summed E-state index contributed by atoms with van der Waals surface area (Å²) in [5, 5.41) is 0. The standard InChI is InChI=1S/C54H37NO/c1-5-16-38(17-6-1)40-30-32-44(33-31-40)55(45-25-13-24-43(36-45)39-18-7-2-8-19-39)46-34-35-51-50(37-46)53-47(41-20-9-3-10-21-41)26-14-28-49(53)54-48(27-15-29-52(54)56-51)42-22-11-4-12-23-42/h1-37H. The van der Waals surface area contributed by atoms with Crippen molar-refractivity contribution in [3.05, 3.63) is 224 Å². The maximum atomic E-state index is 7.01. The summed E-state index contributed by atoms with van der Waals surface area (Å²) in [7, 11) is 0. The Labute approximate surface area is 328 Å². The molecule has 0 amide bonds. The van der Waals surface area contributed by atoms with Crippen molar-refractivity contribution in [3.8, 4) is 78.3 Å². The van der Waals surface area contributed by atoms with Gasteiger partial charge < -0.3 is 9.64 Å². The minimum atomic E-state index is 0.819. The van der Waals surface area contributed by atoms with Crippen molar-refractivity contribution in [1.82, 2.24) is 0 Å². The number of hydrogen-bond acceptors (Lipinski definition) is 2. The van der Waals surface area contributed by atoms with Crippen molar-refractivity contribution in [2.24, 2.45) is 0 Å². The number of anilines is 3. The highest BCUT2D eigenvalue weighted by Crippen LogP contribution is 2.54. The largest absolute Gasteiger partial charge is 0.456 e. The van der Waals surface area contributed by atoms with Crippen molar-refractivity contribution in [2.75, 3.05) is 4.90 Å². The van der Waals surface area contributed by atoms with E-state index in [-0.39, 0.29) is 0 Å². The molecular weight excluding hydrogens is 679 g/mol. The fourth-order valence-electron chi connectivity index (χ4n) is 8.06. The molecule has 0 atom stereocenters. The molecule has 0 aromatic heterocycles. The van der Waals surface area contributed by atoms with Gasteiger partial charge in [-0.1, -0.05) is 176 Å². The maximum absolute atomic E-state index is 7.01. The highest BCUT2D eigenvalue weighted by atomic mass is 16.5. The van der Waals surface area contributed by atoms with Gasteiger partial charge in [0.1, 0.15) is 11.5 Å². The van der Waals surface area contributed by atoms with Crippen molar-refractivity contribution < 1.29 is 4.74 Å². The third kappa shape index (κ3) is 6.14. The summed E-state index contributed by atoms with van der Waals surface area (Å²) in [4.78, 5) is 2.36. The number of fused-ring (bicyclic) bond motifs is 5. The van der Waals surface area contributed by atoms with Crippen molar-refractivity contribution >= 4 is 17.1 Å². The molecule has 0 radical (unpaired) electrons. The Morgan fingerprint density at radius 3 is 1.36 bits per heavy atom. The summed E-state index contributed by atoms with van der Waals surface area (Å²) >= 11 is 0. The van der Waals surface area contributed by atoms with E-state index < -0.39 is 0 Å². The molecule has 1 aliphatic rings. The van der Waals surface area contributed by atoms with E-state index in [0.717, 1.165) is 78.6 Å². The lowest BCUT2D eigenvalue weighted by atomic mass is 9.85. The molecule has 264 valence electrons. The Balaban J connectivity index is 1.20. The van der Waals surface area contributed by atoms with Crippen LogP contribution >= 0.6 is 0 Å².